The molecule has 282 valence electrons. The van der Waals surface area contributed by atoms with Crippen molar-refractivity contribution in [1.82, 2.24) is 28.7 Å². The molecule has 8 nitrogen and oxygen atoms in total. The number of benzene rings is 8. The summed E-state index contributed by atoms with van der Waals surface area (Å²) >= 11 is 0. The summed E-state index contributed by atoms with van der Waals surface area (Å²) in [4.78, 5) is 23.7. The Morgan fingerprint density at radius 1 is 0.328 bits per heavy atom. The second-order valence-corrected chi connectivity index (χ2v) is 15.0. The quantitative estimate of drug-likeness (QED) is 0.163. The molecule has 8 aromatic carbocycles. The smallest absolute Gasteiger partial charge is 0.238 e. The van der Waals surface area contributed by atoms with Crippen LogP contribution in [0.3, 0.4) is 0 Å². The maximum Gasteiger partial charge on any atom is 0.238 e. The van der Waals surface area contributed by atoms with E-state index in [2.05, 4.69) is 120 Å². The highest BCUT2D eigenvalue weighted by Gasteiger charge is 2.23. The molecule has 0 saturated heterocycles. The molecule has 8 heteroatoms. The molecule has 12 rings (SSSR count). The van der Waals surface area contributed by atoms with E-state index < -0.39 is 0 Å². The van der Waals surface area contributed by atoms with E-state index in [1.165, 1.54) is 0 Å². The van der Waals surface area contributed by atoms with Crippen LogP contribution in [0.5, 0.6) is 0 Å². The van der Waals surface area contributed by atoms with Crippen molar-refractivity contribution in [2.75, 3.05) is 0 Å². The van der Waals surface area contributed by atoms with Crippen molar-refractivity contribution in [3.63, 3.8) is 0 Å². The lowest BCUT2D eigenvalue weighted by Gasteiger charge is -2.17. The van der Waals surface area contributed by atoms with Crippen LogP contribution in [0, 0.1) is 13.1 Å². The first kappa shape index (κ1) is 34.2. The van der Waals surface area contributed by atoms with Crippen LogP contribution in [0.1, 0.15) is 0 Å². The fourth-order valence-electron chi connectivity index (χ4n) is 9.14. The second-order valence-electron chi connectivity index (χ2n) is 15.0. The topological polar surface area (TPSA) is 62.2 Å². The van der Waals surface area contributed by atoms with Gasteiger partial charge in [-0.05, 0) is 83.6 Å². The van der Waals surface area contributed by atoms with Crippen LogP contribution in [0.25, 0.3) is 115 Å². The Hall–Kier alpha value is -8.85. The van der Waals surface area contributed by atoms with Crippen molar-refractivity contribution >= 4 is 76.8 Å². The van der Waals surface area contributed by atoms with Gasteiger partial charge in [0.2, 0.25) is 5.95 Å². The third kappa shape index (κ3) is 5.13. The zero-order chi connectivity index (χ0) is 40.6. The van der Waals surface area contributed by atoms with Crippen LogP contribution in [-0.4, -0.2) is 28.7 Å². The van der Waals surface area contributed by atoms with Crippen molar-refractivity contribution in [2.45, 2.75) is 0 Å². The van der Waals surface area contributed by atoms with Crippen LogP contribution in [0.2, 0.25) is 0 Å². The van der Waals surface area contributed by atoms with Gasteiger partial charge in [0, 0.05) is 32.7 Å². The zero-order valence-corrected chi connectivity index (χ0v) is 32.4. The highest BCUT2D eigenvalue weighted by molar-refractivity contribution is 6.12. The van der Waals surface area contributed by atoms with Gasteiger partial charge in [-0.25, -0.2) is 14.7 Å². The van der Waals surface area contributed by atoms with Crippen LogP contribution >= 0.6 is 0 Å². The van der Waals surface area contributed by atoms with E-state index in [1.54, 1.807) is 0 Å². The van der Waals surface area contributed by atoms with Crippen molar-refractivity contribution < 1.29 is 0 Å². The van der Waals surface area contributed by atoms with Gasteiger partial charge in [0.25, 0.3) is 0 Å². The normalized spacial score (nSPS) is 11.6. The van der Waals surface area contributed by atoms with E-state index in [0.29, 0.717) is 29.0 Å². The fraction of sp³-hybridized carbons (Fsp3) is 0. The number of aromatic nitrogens is 6. The molecule has 0 amide bonds. The van der Waals surface area contributed by atoms with Gasteiger partial charge in [0.05, 0.1) is 57.6 Å². The molecule has 0 spiro atoms. The third-order valence-corrected chi connectivity index (χ3v) is 11.7. The Morgan fingerprint density at radius 2 is 0.672 bits per heavy atom. The first-order valence-corrected chi connectivity index (χ1v) is 19.9. The van der Waals surface area contributed by atoms with Gasteiger partial charge in [-0.1, -0.05) is 109 Å². The Bertz CT molecular complexity index is 3620. The number of hydrogen-bond acceptors (Lipinski definition) is 3. The summed E-state index contributed by atoms with van der Waals surface area (Å²) in [5, 5.41) is 6.34. The monoisotopic (exact) mass is 778 g/mol. The van der Waals surface area contributed by atoms with Gasteiger partial charge in [-0.3, -0.25) is 4.57 Å². The van der Waals surface area contributed by atoms with Crippen LogP contribution in [0.15, 0.2) is 182 Å². The molecule has 0 fully saturated rings. The average Bonchev–Trinajstić information content (AvgIpc) is 3.96. The summed E-state index contributed by atoms with van der Waals surface area (Å²) in [5.74, 6) is 1.52. The van der Waals surface area contributed by atoms with E-state index in [9.17, 15) is 0 Å². The van der Waals surface area contributed by atoms with Gasteiger partial charge >= 0.3 is 0 Å². The number of rotatable bonds is 5. The molecule has 0 unspecified atom stereocenters. The van der Waals surface area contributed by atoms with E-state index >= 15 is 0 Å². The standard InChI is InChI=1S/C53H30N8/c1-54-33-27-29-49-41(31-33)37-17-5-9-21-43(37)59(49)47-25-13-7-19-39(47)51-56-52(58-53(57-51)61-45-23-11-3-15-35(45)36-16-4-12-24-46(36)61)40-20-8-14-26-48(40)60-44-22-10-6-18-38(44)42-32-34(55-2)28-30-50(42)60/h3-32H. The highest BCUT2D eigenvalue weighted by atomic mass is 15.2. The summed E-state index contributed by atoms with van der Waals surface area (Å²) in [5.41, 5.74) is 10.6. The molecule has 0 bridgehead atoms. The van der Waals surface area contributed by atoms with Crippen LogP contribution < -0.4 is 0 Å². The summed E-state index contributed by atoms with van der Waals surface area (Å²) in [7, 11) is 0. The molecule has 61 heavy (non-hydrogen) atoms. The first-order chi connectivity index (χ1) is 30.2. The third-order valence-electron chi connectivity index (χ3n) is 11.7. The van der Waals surface area contributed by atoms with Crippen molar-refractivity contribution in [1.29, 1.82) is 0 Å². The lowest BCUT2D eigenvalue weighted by atomic mass is 10.1. The summed E-state index contributed by atoms with van der Waals surface area (Å²) < 4.78 is 6.64. The molecular weight excluding hydrogens is 749 g/mol. The highest BCUT2D eigenvalue weighted by Crippen LogP contribution is 2.40. The predicted molar refractivity (Wildman–Crippen MR) is 246 cm³/mol. The van der Waals surface area contributed by atoms with Gasteiger partial charge in [-0.15, -0.1) is 0 Å². The van der Waals surface area contributed by atoms with Gasteiger partial charge in [0.15, 0.2) is 23.0 Å². The molecule has 12 aromatic rings. The lowest BCUT2D eigenvalue weighted by molar-refractivity contribution is 0.950. The molecule has 0 atom stereocenters. The largest absolute Gasteiger partial charge is 0.309 e. The van der Waals surface area contributed by atoms with Crippen molar-refractivity contribution in [2.24, 2.45) is 0 Å². The maximum atomic E-state index is 7.75. The van der Waals surface area contributed by atoms with Gasteiger partial charge < -0.3 is 9.13 Å². The van der Waals surface area contributed by atoms with E-state index in [1.807, 2.05) is 84.9 Å². The molecule has 0 aliphatic carbocycles. The van der Waals surface area contributed by atoms with Crippen LogP contribution in [0.4, 0.5) is 11.4 Å². The van der Waals surface area contributed by atoms with E-state index in [4.69, 9.17) is 28.1 Å². The molecule has 4 aromatic heterocycles. The van der Waals surface area contributed by atoms with Crippen molar-refractivity contribution in [3.05, 3.63) is 205 Å². The summed E-state index contributed by atoms with van der Waals surface area (Å²) in [6.45, 7) is 15.5. The Kier molecular flexibility index (Phi) is 7.49. The molecule has 4 heterocycles. The predicted octanol–water partition coefficient (Wildman–Crippen LogP) is 13.6. The second kappa shape index (κ2) is 13.4. The molecule has 0 aliphatic rings. The van der Waals surface area contributed by atoms with Crippen LogP contribution in [-0.2, 0) is 0 Å². The minimum Gasteiger partial charge on any atom is -0.309 e. The summed E-state index contributed by atoms with van der Waals surface area (Å²) in [6, 6.07) is 61.6. The van der Waals surface area contributed by atoms with E-state index in [0.717, 1.165) is 87.9 Å². The zero-order valence-electron chi connectivity index (χ0n) is 32.4. The molecular formula is C53H30N8. The summed E-state index contributed by atoms with van der Waals surface area (Å²) in [6.07, 6.45) is 0. The first-order valence-electron chi connectivity index (χ1n) is 19.9. The molecule has 0 saturated carbocycles. The minimum absolute atomic E-state index is 0.495. The SMILES string of the molecule is [C-]#[N+]c1ccc2c(c1)c1ccccc1n2-c1ccccc1-c1nc(-c2ccccc2-n2c3ccccc3c3cc([N+]#[C-])ccc32)nc(-n2c3ccccc3c3ccccc32)n1. The Balaban J connectivity index is 1.17. The van der Waals surface area contributed by atoms with Crippen molar-refractivity contribution in [3.8, 4) is 40.1 Å². The Morgan fingerprint density at radius 3 is 1.10 bits per heavy atom. The minimum atomic E-state index is 0.495. The lowest BCUT2D eigenvalue weighted by Crippen LogP contribution is -2.09. The van der Waals surface area contributed by atoms with E-state index in [-0.39, 0.29) is 0 Å². The maximum absolute atomic E-state index is 7.75. The molecule has 0 aliphatic heterocycles. The molecule has 0 radical (unpaired) electrons. The van der Waals surface area contributed by atoms with Gasteiger partial charge in [0.1, 0.15) is 0 Å². The number of hydrogen-bond donors (Lipinski definition) is 0. The Labute approximate surface area is 349 Å². The average molecular weight is 779 g/mol. The fourth-order valence-corrected chi connectivity index (χ4v) is 9.14. The number of para-hydroxylation sites is 6. The number of fused-ring (bicyclic) bond motifs is 9. The van der Waals surface area contributed by atoms with Gasteiger partial charge in [-0.2, -0.15) is 9.97 Å². The molecule has 0 N–H and O–H groups in total. The number of nitrogens with zero attached hydrogens (tertiary/aromatic N) is 8.